The monoisotopic (exact) mass is 414 g/mol. The second kappa shape index (κ2) is 7.88. The van der Waals surface area contributed by atoms with Gasteiger partial charge in [0.25, 0.3) is 0 Å². The Bertz CT molecular complexity index is 1010. The van der Waals surface area contributed by atoms with Crippen molar-refractivity contribution >= 4 is 28.6 Å². The molecule has 7 nitrogen and oxygen atoms in total. The number of anilines is 1. The van der Waals surface area contributed by atoms with Crippen LogP contribution in [-0.2, 0) is 16.7 Å². The fourth-order valence-corrected chi connectivity index (χ4v) is 3.95. The molecular formula is C21H27ClN6O. The maximum atomic E-state index is 6.37. The van der Waals surface area contributed by atoms with Crippen LogP contribution in [0.2, 0.25) is 5.02 Å². The van der Waals surface area contributed by atoms with Crippen molar-refractivity contribution in [3.63, 3.8) is 0 Å². The van der Waals surface area contributed by atoms with Crippen molar-refractivity contribution in [3.05, 3.63) is 40.7 Å². The minimum Gasteiger partial charge on any atom is -0.383 e. The number of halogens is 1. The molecule has 3 heterocycles. The number of hydrogen-bond donors (Lipinski definition) is 0. The number of aromatic nitrogens is 5. The standard InChI is InChI=1S/C21H27ClN6O/c1-21(2,3)20-23-18(27-11-7-9-15(27)13-29-4)17-19(24-20)28(26-25-17)12-14-8-5-6-10-16(14)22/h5-6,8,10,15H,7,9,11-13H2,1-4H3. The summed E-state index contributed by atoms with van der Waals surface area (Å²) < 4.78 is 7.26. The van der Waals surface area contributed by atoms with E-state index in [4.69, 9.17) is 26.3 Å². The molecule has 0 saturated carbocycles. The van der Waals surface area contributed by atoms with Crippen molar-refractivity contribution in [2.24, 2.45) is 0 Å². The van der Waals surface area contributed by atoms with Gasteiger partial charge in [0.1, 0.15) is 5.82 Å². The van der Waals surface area contributed by atoms with Crippen molar-refractivity contribution in [3.8, 4) is 0 Å². The summed E-state index contributed by atoms with van der Waals surface area (Å²) in [4.78, 5) is 12.1. The predicted molar refractivity (Wildman–Crippen MR) is 115 cm³/mol. The lowest BCUT2D eigenvalue weighted by molar-refractivity contribution is 0.180. The van der Waals surface area contributed by atoms with Gasteiger partial charge in [-0.1, -0.05) is 55.8 Å². The number of hydrogen-bond acceptors (Lipinski definition) is 6. The quantitative estimate of drug-likeness (QED) is 0.631. The Hall–Kier alpha value is -2.25. The van der Waals surface area contributed by atoms with Crippen molar-refractivity contribution in [2.45, 2.75) is 51.6 Å². The number of rotatable bonds is 5. The van der Waals surface area contributed by atoms with E-state index in [1.807, 2.05) is 28.9 Å². The van der Waals surface area contributed by atoms with Gasteiger partial charge in [0.2, 0.25) is 0 Å². The molecule has 1 aliphatic heterocycles. The molecule has 1 atom stereocenters. The lowest BCUT2D eigenvalue weighted by Crippen LogP contribution is -2.34. The van der Waals surface area contributed by atoms with Crippen LogP contribution in [-0.4, -0.2) is 51.3 Å². The Morgan fingerprint density at radius 1 is 1.21 bits per heavy atom. The predicted octanol–water partition coefficient (Wildman–Crippen LogP) is 3.84. The maximum absolute atomic E-state index is 6.37. The number of nitrogens with zero attached hydrogens (tertiary/aromatic N) is 6. The van der Waals surface area contributed by atoms with Crippen LogP contribution in [0.1, 0.15) is 45.0 Å². The highest BCUT2D eigenvalue weighted by molar-refractivity contribution is 6.31. The summed E-state index contributed by atoms with van der Waals surface area (Å²) in [7, 11) is 1.74. The Morgan fingerprint density at radius 2 is 2.00 bits per heavy atom. The van der Waals surface area contributed by atoms with E-state index in [9.17, 15) is 0 Å². The van der Waals surface area contributed by atoms with E-state index in [1.54, 1.807) is 7.11 Å². The van der Waals surface area contributed by atoms with E-state index in [0.29, 0.717) is 24.2 Å². The van der Waals surface area contributed by atoms with Gasteiger partial charge in [-0.05, 0) is 24.5 Å². The third-order valence-corrected chi connectivity index (χ3v) is 5.67. The fraction of sp³-hybridized carbons (Fsp3) is 0.524. The van der Waals surface area contributed by atoms with Crippen molar-refractivity contribution in [1.29, 1.82) is 0 Å². The largest absolute Gasteiger partial charge is 0.383 e. The summed E-state index contributed by atoms with van der Waals surface area (Å²) in [5, 5.41) is 9.58. The summed E-state index contributed by atoms with van der Waals surface area (Å²) in [5.74, 6) is 1.63. The van der Waals surface area contributed by atoms with E-state index in [1.165, 1.54) is 0 Å². The Labute approximate surface area is 176 Å². The van der Waals surface area contributed by atoms with Gasteiger partial charge < -0.3 is 9.64 Å². The smallest absolute Gasteiger partial charge is 0.184 e. The summed E-state index contributed by atoms with van der Waals surface area (Å²) in [6, 6.07) is 8.07. The summed E-state index contributed by atoms with van der Waals surface area (Å²) in [5.41, 5.74) is 2.26. The van der Waals surface area contributed by atoms with Gasteiger partial charge >= 0.3 is 0 Å². The molecule has 3 aromatic rings. The zero-order valence-electron chi connectivity index (χ0n) is 17.4. The fourth-order valence-electron chi connectivity index (χ4n) is 3.75. The van der Waals surface area contributed by atoms with Gasteiger partial charge in [0, 0.05) is 24.1 Å². The van der Waals surface area contributed by atoms with Gasteiger partial charge in [-0.15, -0.1) is 5.10 Å². The summed E-state index contributed by atoms with van der Waals surface area (Å²) in [6.45, 7) is 8.48. The normalized spacial score (nSPS) is 17.4. The van der Waals surface area contributed by atoms with Crippen LogP contribution in [0.25, 0.3) is 11.2 Å². The molecule has 0 radical (unpaired) electrons. The second-order valence-corrected chi connectivity index (χ2v) is 8.98. The van der Waals surface area contributed by atoms with Crippen molar-refractivity contribution in [1.82, 2.24) is 25.0 Å². The highest BCUT2D eigenvalue weighted by Crippen LogP contribution is 2.32. The molecule has 29 heavy (non-hydrogen) atoms. The van der Waals surface area contributed by atoms with Crippen molar-refractivity contribution in [2.75, 3.05) is 25.2 Å². The van der Waals surface area contributed by atoms with Crippen LogP contribution in [0, 0.1) is 0 Å². The molecule has 0 amide bonds. The van der Waals surface area contributed by atoms with E-state index in [-0.39, 0.29) is 5.41 Å². The first-order valence-electron chi connectivity index (χ1n) is 9.99. The van der Waals surface area contributed by atoms with Gasteiger partial charge in [0.15, 0.2) is 17.0 Å². The van der Waals surface area contributed by atoms with E-state index in [0.717, 1.165) is 47.8 Å². The van der Waals surface area contributed by atoms with Crippen LogP contribution in [0.3, 0.4) is 0 Å². The van der Waals surface area contributed by atoms with Gasteiger partial charge in [-0.2, -0.15) is 0 Å². The molecular weight excluding hydrogens is 388 g/mol. The minimum atomic E-state index is -0.196. The molecule has 1 fully saturated rings. The van der Waals surface area contributed by atoms with Crippen LogP contribution in [0.15, 0.2) is 24.3 Å². The Morgan fingerprint density at radius 3 is 2.72 bits per heavy atom. The first-order valence-corrected chi connectivity index (χ1v) is 10.4. The zero-order chi connectivity index (χ0) is 20.6. The third-order valence-electron chi connectivity index (χ3n) is 5.30. The Kier molecular flexibility index (Phi) is 5.44. The molecule has 0 N–H and O–H groups in total. The number of fused-ring (bicyclic) bond motifs is 1. The summed E-state index contributed by atoms with van der Waals surface area (Å²) in [6.07, 6.45) is 2.19. The topological polar surface area (TPSA) is 69.0 Å². The summed E-state index contributed by atoms with van der Waals surface area (Å²) >= 11 is 6.37. The molecule has 1 aliphatic rings. The number of methoxy groups -OCH3 is 1. The zero-order valence-corrected chi connectivity index (χ0v) is 18.1. The number of benzene rings is 1. The van der Waals surface area contributed by atoms with Gasteiger partial charge in [0.05, 0.1) is 19.2 Å². The van der Waals surface area contributed by atoms with Gasteiger partial charge in [-0.25, -0.2) is 14.6 Å². The molecule has 1 saturated heterocycles. The average molecular weight is 415 g/mol. The first kappa shape index (κ1) is 20.0. The van der Waals surface area contributed by atoms with E-state index >= 15 is 0 Å². The number of ether oxygens (including phenoxy) is 1. The molecule has 1 aromatic carbocycles. The Balaban J connectivity index is 1.83. The molecule has 0 spiro atoms. The highest BCUT2D eigenvalue weighted by atomic mass is 35.5. The van der Waals surface area contributed by atoms with E-state index in [2.05, 4.69) is 36.0 Å². The molecule has 4 rings (SSSR count). The van der Waals surface area contributed by atoms with Crippen molar-refractivity contribution < 1.29 is 4.74 Å². The molecule has 0 bridgehead atoms. The lowest BCUT2D eigenvalue weighted by Gasteiger charge is -2.27. The van der Waals surface area contributed by atoms with Crippen LogP contribution in [0.4, 0.5) is 5.82 Å². The molecule has 8 heteroatoms. The van der Waals surface area contributed by atoms with Gasteiger partial charge in [-0.3, -0.25) is 0 Å². The molecule has 1 unspecified atom stereocenters. The highest BCUT2D eigenvalue weighted by Gasteiger charge is 2.31. The minimum absolute atomic E-state index is 0.196. The SMILES string of the molecule is COCC1CCCN1c1nc(C(C)(C)C)nc2c1nnn2Cc1ccccc1Cl. The molecule has 154 valence electrons. The van der Waals surface area contributed by atoms with Crippen LogP contribution < -0.4 is 4.90 Å². The van der Waals surface area contributed by atoms with Crippen LogP contribution in [0.5, 0.6) is 0 Å². The molecule has 2 aromatic heterocycles. The lowest BCUT2D eigenvalue weighted by atomic mass is 9.95. The third kappa shape index (κ3) is 3.94. The molecule has 0 aliphatic carbocycles. The second-order valence-electron chi connectivity index (χ2n) is 8.58. The van der Waals surface area contributed by atoms with E-state index < -0.39 is 0 Å². The first-order chi connectivity index (χ1) is 13.9. The average Bonchev–Trinajstić information content (AvgIpc) is 3.30. The van der Waals surface area contributed by atoms with Crippen LogP contribution >= 0.6 is 11.6 Å². The maximum Gasteiger partial charge on any atom is 0.184 e.